The summed E-state index contributed by atoms with van der Waals surface area (Å²) in [5.74, 6) is 3.92. The van der Waals surface area contributed by atoms with E-state index in [9.17, 15) is 5.11 Å². The fraction of sp³-hybridized carbons (Fsp3) is 0.556. The van der Waals surface area contributed by atoms with Crippen molar-refractivity contribution in [3.8, 4) is 5.75 Å². The van der Waals surface area contributed by atoms with E-state index in [1.165, 1.54) is 32.1 Å². The van der Waals surface area contributed by atoms with Crippen molar-refractivity contribution < 1.29 is 9.84 Å². The van der Waals surface area contributed by atoms with E-state index in [0.717, 1.165) is 29.2 Å². The van der Waals surface area contributed by atoms with E-state index in [1.807, 2.05) is 12.1 Å². The lowest BCUT2D eigenvalue weighted by molar-refractivity contribution is 0.0632. The molecule has 0 spiro atoms. The first kappa shape index (κ1) is 12.3. The number of aromatic hydroxyl groups is 1. The monoisotopic (exact) mass is 270 g/mol. The molecule has 4 aliphatic carbocycles. The Kier molecular flexibility index (Phi) is 2.98. The quantitative estimate of drug-likeness (QED) is 0.832. The van der Waals surface area contributed by atoms with Crippen LogP contribution in [-0.4, -0.2) is 5.11 Å². The average molecular weight is 270 g/mol. The Morgan fingerprint density at radius 1 is 1.05 bits per heavy atom. The van der Waals surface area contributed by atoms with Gasteiger partial charge in [-0.15, -0.1) is 0 Å². The molecule has 4 bridgehead atoms. The van der Waals surface area contributed by atoms with Gasteiger partial charge in [0.15, 0.2) is 0 Å². The van der Waals surface area contributed by atoms with E-state index in [4.69, 9.17) is 4.74 Å². The maximum atomic E-state index is 9.46. The number of phenolic OH excluding ortho intramolecular Hbond substituents is 1. The average Bonchev–Trinajstić information content (AvgIpc) is 2.41. The molecule has 0 saturated heterocycles. The van der Waals surface area contributed by atoms with Crippen molar-refractivity contribution in [2.24, 2.45) is 23.7 Å². The molecule has 4 aliphatic rings. The smallest absolute Gasteiger partial charge is 0.115 e. The lowest BCUT2D eigenvalue weighted by Crippen LogP contribution is -2.40. The molecule has 2 heteroatoms. The molecule has 0 amide bonds. The van der Waals surface area contributed by atoms with Crippen molar-refractivity contribution in [1.29, 1.82) is 0 Å². The molecule has 0 aromatic heterocycles. The van der Waals surface area contributed by atoms with Crippen molar-refractivity contribution in [3.05, 3.63) is 41.7 Å². The molecule has 2 nitrogen and oxygen atoms in total. The molecule has 1 aromatic carbocycles. The Balaban J connectivity index is 1.43. The van der Waals surface area contributed by atoms with Crippen LogP contribution in [0, 0.1) is 23.7 Å². The minimum atomic E-state index is 0.313. The third-order valence-electron chi connectivity index (χ3n) is 5.46. The Morgan fingerprint density at radius 2 is 1.75 bits per heavy atom. The number of rotatable bonds is 3. The highest BCUT2D eigenvalue weighted by atomic mass is 16.5. The van der Waals surface area contributed by atoms with Crippen LogP contribution >= 0.6 is 0 Å². The SMILES string of the molecule is Oc1cccc(COC=C2C3CC4CC(C3)CC2C4)c1. The van der Waals surface area contributed by atoms with Gasteiger partial charge in [0.1, 0.15) is 12.4 Å². The minimum absolute atomic E-state index is 0.313. The Bertz CT molecular complexity index is 502. The fourth-order valence-electron chi connectivity index (χ4n) is 4.80. The summed E-state index contributed by atoms with van der Waals surface area (Å²) in [5, 5.41) is 9.46. The van der Waals surface area contributed by atoms with Gasteiger partial charge >= 0.3 is 0 Å². The third-order valence-corrected chi connectivity index (χ3v) is 5.46. The molecular formula is C18H22O2. The van der Waals surface area contributed by atoms with Crippen LogP contribution in [0.3, 0.4) is 0 Å². The second kappa shape index (κ2) is 4.83. The summed E-state index contributed by atoms with van der Waals surface area (Å²) in [5.41, 5.74) is 2.61. The summed E-state index contributed by atoms with van der Waals surface area (Å²) in [4.78, 5) is 0. The second-order valence-corrected chi connectivity index (χ2v) is 6.90. The van der Waals surface area contributed by atoms with Crippen LogP contribution in [0.4, 0.5) is 0 Å². The van der Waals surface area contributed by atoms with Gasteiger partial charge in [0.2, 0.25) is 0 Å². The molecule has 0 atom stereocenters. The van der Waals surface area contributed by atoms with Gasteiger partial charge < -0.3 is 9.84 Å². The van der Waals surface area contributed by atoms with Gasteiger partial charge in [-0.3, -0.25) is 0 Å². The molecule has 4 saturated carbocycles. The zero-order valence-electron chi connectivity index (χ0n) is 11.8. The Hall–Kier alpha value is -1.44. The highest BCUT2D eigenvalue weighted by molar-refractivity contribution is 5.26. The molecule has 0 unspecified atom stereocenters. The zero-order valence-corrected chi connectivity index (χ0v) is 11.8. The van der Waals surface area contributed by atoms with Crippen LogP contribution in [-0.2, 0) is 11.3 Å². The maximum Gasteiger partial charge on any atom is 0.115 e. The van der Waals surface area contributed by atoms with E-state index >= 15 is 0 Å². The molecule has 20 heavy (non-hydrogen) atoms. The number of phenols is 1. The largest absolute Gasteiger partial charge is 0.508 e. The minimum Gasteiger partial charge on any atom is -0.508 e. The summed E-state index contributed by atoms with van der Waals surface area (Å²) >= 11 is 0. The van der Waals surface area contributed by atoms with Crippen molar-refractivity contribution >= 4 is 0 Å². The van der Waals surface area contributed by atoms with Crippen molar-refractivity contribution in [1.82, 2.24) is 0 Å². The molecule has 0 aliphatic heterocycles. The number of benzene rings is 1. The standard InChI is InChI=1S/C18H22O2/c19-17-3-1-2-12(9-17)10-20-11-18-15-5-13-4-14(7-15)8-16(18)6-13/h1-3,9,11,13-16,19H,4-8,10H2. The maximum absolute atomic E-state index is 9.46. The molecule has 1 N–H and O–H groups in total. The van der Waals surface area contributed by atoms with Crippen molar-refractivity contribution in [2.75, 3.05) is 0 Å². The first-order valence-corrected chi connectivity index (χ1v) is 7.87. The van der Waals surface area contributed by atoms with Gasteiger partial charge in [0, 0.05) is 0 Å². The van der Waals surface area contributed by atoms with Crippen molar-refractivity contribution in [2.45, 2.75) is 38.7 Å². The summed E-state index contributed by atoms with van der Waals surface area (Å²) in [6.07, 6.45) is 9.13. The molecule has 0 radical (unpaired) electrons. The molecule has 0 heterocycles. The van der Waals surface area contributed by atoms with Gasteiger partial charge in [-0.2, -0.15) is 0 Å². The first-order chi connectivity index (χ1) is 9.78. The van der Waals surface area contributed by atoms with Crippen LogP contribution < -0.4 is 0 Å². The van der Waals surface area contributed by atoms with E-state index < -0.39 is 0 Å². The second-order valence-electron chi connectivity index (χ2n) is 6.90. The Labute approximate surface area is 120 Å². The van der Waals surface area contributed by atoms with Gasteiger partial charge in [-0.05, 0) is 79.0 Å². The predicted octanol–water partition coefficient (Wildman–Crippen LogP) is 4.25. The number of hydrogen-bond donors (Lipinski definition) is 1. The molecule has 5 rings (SSSR count). The topological polar surface area (TPSA) is 29.5 Å². The number of allylic oxidation sites excluding steroid dienone is 1. The van der Waals surface area contributed by atoms with Crippen molar-refractivity contribution in [3.63, 3.8) is 0 Å². The summed E-state index contributed by atoms with van der Waals surface area (Å²) in [6, 6.07) is 7.33. The summed E-state index contributed by atoms with van der Waals surface area (Å²) < 4.78 is 5.83. The fourth-order valence-corrected chi connectivity index (χ4v) is 4.80. The third kappa shape index (κ3) is 2.21. The van der Waals surface area contributed by atoms with Gasteiger partial charge in [0.05, 0.1) is 6.26 Å². The highest BCUT2D eigenvalue weighted by Gasteiger charge is 2.45. The summed E-state index contributed by atoms with van der Waals surface area (Å²) in [7, 11) is 0. The molecule has 1 aromatic rings. The first-order valence-electron chi connectivity index (χ1n) is 7.87. The van der Waals surface area contributed by atoms with Crippen LogP contribution in [0.15, 0.2) is 36.1 Å². The number of ether oxygens (including phenoxy) is 1. The Morgan fingerprint density at radius 3 is 2.40 bits per heavy atom. The van der Waals surface area contributed by atoms with E-state index in [2.05, 4.69) is 6.26 Å². The summed E-state index contributed by atoms with van der Waals surface area (Å²) in [6.45, 7) is 0.560. The lowest BCUT2D eigenvalue weighted by Gasteiger charge is -2.51. The highest BCUT2D eigenvalue weighted by Crippen LogP contribution is 2.56. The normalized spacial score (nSPS) is 34.3. The zero-order chi connectivity index (χ0) is 13.5. The van der Waals surface area contributed by atoms with Crippen LogP contribution in [0.1, 0.15) is 37.7 Å². The molecule has 106 valence electrons. The van der Waals surface area contributed by atoms with E-state index in [-0.39, 0.29) is 0 Å². The van der Waals surface area contributed by atoms with Gasteiger partial charge in [-0.25, -0.2) is 0 Å². The van der Waals surface area contributed by atoms with Crippen LogP contribution in [0.5, 0.6) is 5.75 Å². The number of hydrogen-bond acceptors (Lipinski definition) is 2. The van der Waals surface area contributed by atoms with Crippen LogP contribution in [0.25, 0.3) is 0 Å². The predicted molar refractivity (Wildman–Crippen MR) is 78.0 cm³/mol. The molecular weight excluding hydrogens is 248 g/mol. The van der Waals surface area contributed by atoms with Crippen LogP contribution in [0.2, 0.25) is 0 Å². The van der Waals surface area contributed by atoms with E-state index in [0.29, 0.717) is 12.4 Å². The lowest BCUT2D eigenvalue weighted by atomic mass is 9.54. The van der Waals surface area contributed by atoms with E-state index in [1.54, 1.807) is 17.7 Å². The molecule has 4 fully saturated rings. The van der Waals surface area contributed by atoms with Gasteiger partial charge in [0.25, 0.3) is 0 Å². The van der Waals surface area contributed by atoms with Gasteiger partial charge in [-0.1, -0.05) is 12.1 Å².